The van der Waals surface area contributed by atoms with Gasteiger partial charge in [-0.1, -0.05) is 35.6 Å². The van der Waals surface area contributed by atoms with Gasteiger partial charge in [0.15, 0.2) is 4.96 Å². The predicted octanol–water partition coefficient (Wildman–Crippen LogP) is 3.50. The third-order valence-electron chi connectivity index (χ3n) is 4.61. The lowest BCUT2D eigenvalue weighted by Gasteiger charge is -2.01. The van der Waals surface area contributed by atoms with E-state index in [0.717, 1.165) is 16.6 Å². The molecule has 7 heteroatoms. The summed E-state index contributed by atoms with van der Waals surface area (Å²) >= 11 is 1.32. The summed E-state index contributed by atoms with van der Waals surface area (Å²) in [6.07, 6.45) is 1.71. The van der Waals surface area contributed by atoms with Crippen LogP contribution in [0.3, 0.4) is 0 Å². The first kappa shape index (κ1) is 17.4. The van der Waals surface area contributed by atoms with Crippen molar-refractivity contribution < 1.29 is 13.9 Å². The Bertz CT molecular complexity index is 1490. The summed E-state index contributed by atoms with van der Waals surface area (Å²) < 4.78 is 12.8. The van der Waals surface area contributed by atoms with Gasteiger partial charge in [-0.05, 0) is 36.4 Å². The number of esters is 1. The maximum Gasteiger partial charge on any atom is 0.337 e. The van der Waals surface area contributed by atoms with Gasteiger partial charge in [0.2, 0.25) is 0 Å². The fourth-order valence-electron chi connectivity index (χ4n) is 3.24. The zero-order valence-corrected chi connectivity index (χ0v) is 16.1. The molecule has 6 nitrogen and oxygen atoms in total. The highest BCUT2D eigenvalue weighted by Crippen LogP contribution is 2.24. The molecule has 0 saturated carbocycles. The highest BCUT2D eigenvalue weighted by atomic mass is 32.1. The number of nitrogens with zero attached hydrogens (tertiary/aromatic N) is 2. The highest BCUT2D eigenvalue weighted by Gasteiger charge is 2.12. The number of carbonyl (C=O) groups excluding carboxylic acids is 1. The van der Waals surface area contributed by atoms with Crippen LogP contribution in [0.2, 0.25) is 0 Å². The van der Waals surface area contributed by atoms with Gasteiger partial charge in [0.1, 0.15) is 16.1 Å². The van der Waals surface area contributed by atoms with Gasteiger partial charge < -0.3 is 9.15 Å². The Morgan fingerprint density at radius 1 is 1.14 bits per heavy atom. The van der Waals surface area contributed by atoms with Crippen LogP contribution in [0.4, 0.5) is 0 Å². The van der Waals surface area contributed by atoms with Gasteiger partial charge in [-0.2, -0.15) is 0 Å². The van der Waals surface area contributed by atoms with Crippen LogP contribution < -0.4 is 10.1 Å². The molecule has 29 heavy (non-hydrogen) atoms. The van der Waals surface area contributed by atoms with E-state index in [1.165, 1.54) is 18.4 Å². The highest BCUT2D eigenvalue weighted by molar-refractivity contribution is 7.15. The van der Waals surface area contributed by atoms with Crippen molar-refractivity contribution in [3.8, 4) is 11.3 Å². The van der Waals surface area contributed by atoms with Crippen molar-refractivity contribution >= 4 is 39.4 Å². The van der Waals surface area contributed by atoms with Crippen LogP contribution in [0.25, 0.3) is 33.4 Å². The molecule has 0 aliphatic rings. The average molecular weight is 402 g/mol. The number of aromatic nitrogens is 2. The summed E-state index contributed by atoms with van der Waals surface area (Å²) in [7, 11) is 1.34. The van der Waals surface area contributed by atoms with Crippen LogP contribution in [-0.2, 0) is 4.74 Å². The summed E-state index contributed by atoms with van der Waals surface area (Å²) in [5.74, 6) is 0.742. The van der Waals surface area contributed by atoms with Crippen LogP contribution in [0, 0.1) is 0 Å². The predicted molar refractivity (Wildman–Crippen MR) is 111 cm³/mol. The first-order valence-corrected chi connectivity index (χ1v) is 9.66. The molecule has 5 aromatic rings. The van der Waals surface area contributed by atoms with Gasteiger partial charge in [0, 0.05) is 11.6 Å². The Morgan fingerprint density at radius 3 is 2.86 bits per heavy atom. The van der Waals surface area contributed by atoms with E-state index in [4.69, 9.17) is 9.15 Å². The van der Waals surface area contributed by atoms with Crippen LogP contribution in [0.5, 0.6) is 0 Å². The maximum absolute atomic E-state index is 12.8. The SMILES string of the molecule is COC(=O)c1cccc(-c2ccc(/C=c3/sc4nc5ccccc5n4c3=O)o2)c1. The van der Waals surface area contributed by atoms with Gasteiger partial charge in [0.25, 0.3) is 5.56 Å². The molecule has 0 radical (unpaired) electrons. The van der Waals surface area contributed by atoms with Gasteiger partial charge in [-0.3, -0.25) is 4.79 Å². The minimum absolute atomic E-state index is 0.121. The minimum atomic E-state index is -0.407. The minimum Gasteiger partial charge on any atom is -0.465 e. The Hall–Kier alpha value is -3.71. The second-order valence-corrected chi connectivity index (χ2v) is 7.42. The molecule has 0 N–H and O–H groups in total. The Balaban J connectivity index is 1.56. The van der Waals surface area contributed by atoms with Crippen molar-refractivity contribution in [2.24, 2.45) is 0 Å². The average Bonchev–Trinajstić information content (AvgIpc) is 3.43. The van der Waals surface area contributed by atoms with E-state index < -0.39 is 5.97 Å². The van der Waals surface area contributed by atoms with E-state index in [-0.39, 0.29) is 5.56 Å². The van der Waals surface area contributed by atoms with Crippen LogP contribution in [-0.4, -0.2) is 22.5 Å². The molecule has 0 aliphatic heterocycles. The number of hydrogen-bond donors (Lipinski definition) is 0. The van der Waals surface area contributed by atoms with Crippen LogP contribution in [0.15, 0.2) is 69.9 Å². The number of methoxy groups -OCH3 is 1. The fraction of sp³-hybridized carbons (Fsp3) is 0.0455. The maximum atomic E-state index is 12.8. The molecule has 0 saturated heterocycles. The number of ether oxygens (including phenoxy) is 1. The van der Waals surface area contributed by atoms with Crippen LogP contribution in [0.1, 0.15) is 16.1 Å². The molecule has 0 fully saturated rings. The molecule has 0 atom stereocenters. The van der Waals surface area contributed by atoms with Crippen molar-refractivity contribution in [2.45, 2.75) is 0 Å². The fourth-order valence-corrected chi connectivity index (χ4v) is 4.21. The molecule has 0 unspecified atom stereocenters. The van der Waals surface area contributed by atoms with Crippen molar-refractivity contribution in [3.63, 3.8) is 0 Å². The third-order valence-corrected chi connectivity index (χ3v) is 5.58. The monoisotopic (exact) mass is 402 g/mol. The number of para-hydroxylation sites is 2. The van der Waals surface area contributed by atoms with E-state index in [9.17, 15) is 9.59 Å². The first-order valence-electron chi connectivity index (χ1n) is 8.84. The lowest BCUT2D eigenvalue weighted by Crippen LogP contribution is -2.22. The second-order valence-electron chi connectivity index (χ2n) is 6.41. The van der Waals surface area contributed by atoms with E-state index >= 15 is 0 Å². The molecular weight excluding hydrogens is 388 g/mol. The quantitative estimate of drug-likeness (QED) is 0.432. The first-order chi connectivity index (χ1) is 14.1. The molecule has 0 spiro atoms. The Labute approximate surface area is 168 Å². The number of fused-ring (bicyclic) bond motifs is 3. The molecule has 0 aliphatic carbocycles. The number of thiazole rings is 1. The zero-order chi connectivity index (χ0) is 20.0. The molecule has 3 aromatic heterocycles. The lowest BCUT2D eigenvalue weighted by molar-refractivity contribution is 0.0601. The summed E-state index contributed by atoms with van der Waals surface area (Å²) in [4.78, 5) is 29.7. The van der Waals surface area contributed by atoms with Crippen molar-refractivity contribution in [1.29, 1.82) is 0 Å². The molecular formula is C22H14N2O4S. The van der Waals surface area contributed by atoms with Crippen molar-refractivity contribution in [3.05, 3.63) is 86.9 Å². The van der Waals surface area contributed by atoms with Crippen LogP contribution >= 0.6 is 11.3 Å². The van der Waals surface area contributed by atoms with E-state index in [2.05, 4.69) is 4.98 Å². The van der Waals surface area contributed by atoms with E-state index in [1.54, 1.807) is 40.8 Å². The summed E-state index contributed by atoms with van der Waals surface area (Å²) in [6, 6.07) is 18.2. The lowest BCUT2D eigenvalue weighted by atomic mass is 10.1. The molecule has 3 heterocycles. The van der Waals surface area contributed by atoms with Gasteiger partial charge >= 0.3 is 5.97 Å². The molecule has 2 aromatic carbocycles. The Kier molecular flexibility index (Phi) is 4.03. The topological polar surface area (TPSA) is 73.8 Å². The van der Waals surface area contributed by atoms with E-state index in [0.29, 0.717) is 26.6 Å². The number of benzene rings is 2. The summed E-state index contributed by atoms with van der Waals surface area (Å²) in [5, 5.41) is 0. The third kappa shape index (κ3) is 2.92. The van der Waals surface area contributed by atoms with Gasteiger partial charge in [0.05, 0.1) is 23.7 Å². The van der Waals surface area contributed by atoms with Crippen molar-refractivity contribution in [2.75, 3.05) is 7.11 Å². The normalized spacial score (nSPS) is 12.1. The molecule has 142 valence electrons. The Morgan fingerprint density at radius 2 is 2.00 bits per heavy atom. The standard InChI is InChI=1S/C22H14N2O4S/c1-27-21(26)14-6-4-5-13(11-14)18-10-9-15(28-18)12-19-20(25)24-17-8-3-2-7-16(17)23-22(24)29-19/h2-12H,1H3/b19-12+. The number of furan rings is 1. The van der Waals surface area contributed by atoms with E-state index in [1.807, 2.05) is 30.3 Å². The molecule has 5 rings (SSSR count). The second kappa shape index (κ2) is 6.72. The largest absolute Gasteiger partial charge is 0.465 e. The zero-order valence-electron chi connectivity index (χ0n) is 15.3. The smallest absolute Gasteiger partial charge is 0.337 e. The number of carbonyl (C=O) groups is 1. The number of hydrogen-bond acceptors (Lipinski definition) is 6. The summed E-state index contributed by atoms with van der Waals surface area (Å²) in [6.45, 7) is 0. The van der Waals surface area contributed by atoms with Gasteiger partial charge in [-0.15, -0.1) is 0 Å². The van der Waals surface area contributed by atoms with Gasteiger partial charge in [-0.25, -0.2) is 14.2 Å². The molecule has 0 amide bonds. The number of rotatable bonds is 3. The number of imidazole rings is 1. The van der Waals surface area contributed by atoms with Crippen molar-refractivity contribution in [1.82, 2.24) is 9.38 Å². The summed E-state index contributed by atoms with van der Waals surface area (Å²) in [5.41, 5.74) is 2.67. The molecule has 0 bridgehead atoms.